The number of rotatable bonds is 17. The Morgan fingerprint density at radius 2 is 1.29 bits per heavy atom. The van der Waals surface area contributed by atoms with Crippen LogP contribution in [0.2, 0.25) is 0 Å². The van der Waals surface area contributed by atoms with Crippen LogP contribution in [0.3, 0.4) is 0 Å². The van der Waals surface area contributed by atoms with Crippen LogP contribution < -0.4 is 4.72 Å². The number of hydrogen-bond acceptors (Lipinski definition) is 3. The van der Waals surface area contributed by atoms with Crippen molar-refractivity contribution in [2.24, 2.45) is 0 Å². The van der Waals surface area contributed by atoms with Crippen molar-refractivity contribution < 1.29 is 18.3 Å². The Hall–Kier alpha value is -0.620. The van der Waals surface area contributed by atoms with Crippen LogP contribution in [0, 0.1) is 0 Å². The quantitative estimate of drug-likeness (QED) is 0.373. The molecule has 24 heavy (non-hydrogen) atoms. The first-order valence-corrected chi connectivity index (χ1v) is 11.3. The van der Waals surface area contributed by atoms with E-state index < -0.39 is 22.0 Å². The van der Waals surface area contributed by atoms with Gasteiger partial charge in [-0.3, -0.25) is 4.79 Å². The molecule has 0 aliphatic carbocycles. The predicted molar refractivity (Wildman–Crippen MR) is 99.7 cm³/mol. The Morgan fingerprint density at radius 1 is 0.833 bits per heavy atom. The van der Waals surface area contributed by atoms with E-state index in [4.69, 9.17) is 5.11 Å². The van der Waals surface area contributed by atoms with Crippen LogP contribution in [0.5, 0.6) is 0 Å². The van der Waals surface area contributed by atoms with Crippen molar-refractivity contribution in [3.05, 3.63) is 0 Å². The van der Waals surface area contributed by atoms with Crippen molar-refractivity contribution in [2.45, 2.75) is 103 Å². The Morgan fingerprint density at radius 3 is 1.75 bits per heavy atom. The van der Waals surface area contributed by atoms with Crippen molar-refractivity contribution in [3.8, 4) is 0 Å². The first-order chi connectivity index (χ1) is 11.4. The van der Waals surface area contributed by atoms with E-state index in [1.165, 1.54) is 38.5 Å². The summed E-state index contributed by atoms with van der Waals surface area (Å²) in [7, 11) is -3.49. The molecule has 0 radical (unpaired) electrons. The van der Waals surface area contributed by atoms with Gasteiger partial charge in [0.15, 0.2) is 0 Å². The minimum absolute atomic E-state index is 0.0272. The summed E-state index contributed by atoms with van der Waals surface area (Å²) in [4.78, 5) is 11.1. The van der Waals surface area contributed by atoms with Gasteiger partial charge >= 0.3 is 5.97 Å². The second-order valence-electron chi connectivity index (χ2n) is 6.65. The number of carboxylic acid groups (broad SMARTS) is 1. The van der Waals surface area contributed by atoms with Gasteiger partial charge < -0.3 is 5.11 Å². The number of carboxylic acids is 1. The normalized spacial score (nSPS) is 13.1. The highest BCUT2D eigenvalue weighted by Gasteiger charge is 2.22. The van der Waals surface area contributed by atoms with E-state index >= 15 is 0 Å². The number of unbranched alkanes of at least 4 members (excludes halogenated alkanes) is 10. The summed E-state index contributed by atoms with van der Waals surface area (Å²) in [6.07, 6.45) is 13.3. The maximum absolute atomic E-state index is 12.0. The summed E-state index contributed by atoms with van der Waals surface area (Å²) >= 11 is 0. The summed E-state index contributed by atoms with van der Waals surface area (Å²) in [5.41, 5.74) is 0. The smallest absolute Gasteiger partial charge is 0.321 e. The lowest BCUT2D eigenvalue weighted by atomic mass is 10.1. The lowest BCUT2D eigenvalue weighted by Crippen LogP contribution is -2.41. The highest BCUT2D eigenvalue weighted by molar-refractivity contribution is 7.89. The summed E-state index contributed by atoms with van der Waals surface area (Å²) in [5.74, 6) is -1.06. The Kier molecular flexibility index (Phi) is 14.3. The molecule has 0 aromatic heterocycles. The van der Waals surface area contributed by atoms with E-state index in [1.807, 2.05) is 6.92 Å². The number of carbonyl (C=O) groups is 1. The van der Waals surface area contributed by atoms with Crippen LogP contribution in [0.1, 0.15) is 97.3 Å². The monoisotopic (exact) mass is 363 g/mol. The van der Waals surface area contributed by atoms with Crippen LogP contribution >= 0.6 is 0 Å². The number of nitrogens with one attached hydrogen (secondary N) is 1. The summed E-state index contributed by atoms with van der Waals surface area (Å²) < 4.78 is 26.3. The zero-order valence-corrected chi connectivity index (χ0v) is 16.4. The molecular weight excluding hydrogens is 326 g/mol. The van der Waals surface area contributed by atoms with E-state index in [9.17, 15) is 13.2 Å². The summed E-state index contributed by atoms with van der Waals surface area (Å²) in [5, 5.41) is 9.08. The molecule has 0 aromatic rings. The molecule has 0 aliphatic heterocycles. The van der Waals surface area contributed by atoms with Crippen molar-refractivity contribution in [2.75, 3.05) is 5.75 Å². The van der Waals surface area contributed by atoms with E-state index in [-0.39, 0.29) is 5.75 Å². The minimum atomic E-state index is -3.49. The molecule has 5 nitrogen and oxygen atoms in total. The van der Waals surface area contributed by atoms with Gasteiger partial charge in [0.2, 0.25) is 10.0 Å². The lowest BCUT2D eigenvalue weighted by molar-refractivity contribution is -0.139. The maximum atomic E-state index is 12.0. The Labute approximate surface area is 148 Å². The molecule has 6 heteroatoms. The lowest BCUT2D eigenvalue weighted by Gasteiger charge is -2.14. The van der Waals surface area contributed by atoms with Crippen LogP contribution in [-0.4, -0.2) is 31.3 Å². The fourth-order valence-electron chi connectivity index (χ4n) is 2.70. The van der Waals surface area contributed by atoms with Crippen molar-refractivity contribution in [1.29, 1.82) is 0 Å². The fourth-order valence-corrected chi connectivity index (χ4v) is 4.05. The minimum Gasteiger partial charge on any atom is -0.480 e. The first-order valence-electron chi connectivity index (χ1n) is 9.65. The van der Waals surface area contributed by atoms with Gasteiger partial charge in [-0.2, -0.15) is 0 Å². The van der Waals surface area contributed by atoms with Crippen molar-refractivity contribution >= 4 is 16.0 Å². The molecule has 0 spiro atoms. The Bertz CT molecular complexity index is 409. The molecule has 0 amide bonds. The van der Waals surface area contributed by atoms with E-state index in [2.05, 4.69) is 11.6 Å². The van der Waals surface area contributed by atoms with Gasteiger partial charge in [0, 0.05) is 0 Å². The molecule has 0 bridgehead atoms. The van der Waals surface area contributed by atoms with Crippen molar-refractivity contribution in [3.63, 3.8) is 0 Å². The van der Waals surface area contributed by atoms with Gasteiger partial charge in [0.1, 0.15) is 6.04 Å². The topological polar surface area (TPSA) is 83.5 Å². The fraction of sp³-hybridized carbons (Fsp3) is 0.944. The van der Waals surface area contributed by atoms with Gasteiger partial charge in [0.25, 0.3) is 0 Å². The van der Waals surface area contributed by atoms with Crippen LogP contribution in [0.25, 0.3) is 0 Å². The molecule has 0 rings (SSSR count). The van der Waals surface area contributed by atoms with Crippen molar-refractivity contribution in [1.82, 2.24) is 4.72 Å². The number of hydrogen-bond donors (Lipinski definition) is 2. The van der Waals surface area contributed by atoms with E-state index in [0.29, 0.717) is 19.3 Å². The van der Waals surface area contributed by atoms with E-state index in [0.717, 1.165) is 25.7 Å². The zero-order valence-electron chi connectivity index (χ0n) is 15.6. The SMILES string of the molecule is CCCCCCCCCCCCS(=O)(=O)N[C@H](CCCC)C(=O)O. The molecular formula is C18H37NO4S. The van der Waals surface area contributed by atoms with Gasteiger partial charge in [-0.25, -0.2) is 13.1 Å². The molecule has 0 saturated carbocycles. The first kappa shape index (κ1) is 23.4. The van der Waals surface area contributed by atoms with Crippen LogP contribution in [0.15, 0.2) is 0 Å². The van der Waals surface area contributed by atoms with Crippen LogP contribution in [0.4, 0.5) is 0 Å². The van der Waals surface area contributed by atoms with Gasteiger partial charge in [-0.05, 0) is 12.8 Å². The molecule has 2 N–H and O–H groups in total. The second-order valence-corrected chi connectivity index (χ2v) is 8.53. The average molecular weight is 364 g/mol. The number of aliphatic carboxylic acids is 1. The maximum Gasteiger partial charge on any atom is 0.321 e. The molecule has 0 saturated heterocycles. The van der Waals surface area contributed by atoms with Crippen LogP contribution in [-0.2, 0) is 14.8 Å². The molecule has 0 aromatic carbocycles. The molecule has 0 aliphatic rings. The highest BCUT2D eigenvalue weighted by Crippen LogP contribution is 2.11. The third-order valence-corrected chi connectivity index (χ3v) is 5.70. The van der Waals surface area contributed by atoms with E-state index in [1.54, 1.807) is 0 Å². The van der Waals surface area contributed by atoms with Gasteiger partial charge in [0.05, 0.1) is 5.75 Å². The standard InChI is InChI=1S/C18H37NO4S/c1-3-5-7-8-9-10-11-12-13-14-16-24(22,23)19-17(18(20)21)15-6-4-2/h17,19H,3-16H2,1-2H3,(H,20,21)/t17-/m1/s1. The molecule has 144 valence electrons. The highest BCUT2D eigenvalue weighted by atomic mass is 32.2. The predicted octanol–water partition coefficient (Wildman–Crippen LogP) is 4.47. The second kappa shape index (κ2) is 14.7. The summed E-state index contributed by atoms with van der Waals surface area (Å²) in [6.45, 7) is 4.17. The molecule has 0 heterocycles. The average Bonchev–Trinajstić information content (AvgIpc) is 2.53. The number of sulfonamides is 1. The molecule has 0 unspecified atom stereocenters. The largest absolute Gasteiger partial charge is 0.480 e. The van der Waals surface area contributed by atoms with Gasteiger partial charge in [-0.15, -0.1) is 0 Å². The zero-order chi connectivity index (χ0) is 18.3. The summed E-state index contributed by atoms with van der Waals surface area (Å²) in [6, 6.07) is -0.988. The third-order valence-electron chi connectivity index (χ3n) is 4.23. The molecule has 1 atom stereocenters. The third kappa shape index (κ3) is 13.8. The van der Waals surface area contributed by atoms with Gasteiger partial charge in [-0.1, -0.05) is 84.5 Å². The Balaban J connectivity index is 3.78. The molecule has 0 fully saturated rings.